The van der Waals surface area contributed by atoms with Crippen LogP contribution in [-0.4, -0.2) is 157 Å². The molecule has 0 saturated carbocycles. The third-order valence-corrected chi connectivity index (χ3v) is 13.7. The van der Waals surface area contributed by atoms with Crippen molar-refractivity contribution in [3.63, 3.8) is 0 Å². The van der Waals surface area contributed by atoms with Gasteiger partial charge >= 0.3 is 0 Å². The van der Waals surface area contributed by atoms with Crippen LogP contribution in [0.5, 0.6) is 0 Å². The molecule has 79 heavy (non-hydrogen) atoms. The van der Waals surface area contributed by atoms with Crippen LogP contribution in [0.3, 0.4) is 0 Å². The van der Waals surface area contributed by atoms with Crippen LogP contribution in [0.15, 0.2) is 85.8 Å². The number of benzene rings is 2. The highest BCUT2D eigenvalue weighted by molar-refractivity contribution is 7.98. The Bertz CT molecular complexity index is 2790. The maximum Gasteiger partial charge on any atom is 0.243 e. The van der Waals surface area contributed by atoms with Gasteiger partial charge in [-0.3, -0.25) is 43.2 Å². The van der Waals surface area contributed by atoms with Crippen LogP contribution in [0.2, 0.25) is 0 Å². The summed E-state index contributed by atoms with van der Waals surface area (Å²) in [6.45, 7) is 7.99. The van der Waals surface area contributed by atoms with Gasteiger partial charge in [0, 0.05) is 72.7 Å². The molecular weight excluding hydrogens is 1030 g/mol. The number of nitrogens with zero attached hydrogens (tertiary/aromatic N) is 3. The number of amides is 9. The SMILES string of the molecule is CSCCC(C(N)=O)N(C=O)CC(CC(C)C)NC(=O)[C@H](Cc1cnc[nH]1)NC(=O)CNC(=O)[C@@H](NC(=O)[C@H](C)NC(=O)[C@H](Cc1c[nH]c2ccccc12)NC(=O)[C@H](Cc1cnc[nH]1)NC(=O)[C@H](N)Cc1ccccc1)C(C)C. The van der Waals surface area contributed by atoms with Gasteiger partial charge < -0.3 is 68.5 Å². The largest absolute Gasteiger partial charge is 0.368 e. The maximum atomic E-state index is 14.3. The van der Waals surface area contributed by atoms with Crippen LogP contribution < -0.4 is 48.7 Å². The summed E-state index contributed by atoms with van der Waals surface area (Å²) in [6.07, 6.45) is 10.8. The Labute approximate surface area is 463 Å². The first-order valence-electron chi connectivity index (χ1n) is 26.1. The fraction of sp³-hybridized carbons (Fsp3) is 0.463. The molecule has 0 saturated heterocycles. The Morgan fingerprint density at radius 2 is 1.28 bits per heavy atom. The first-order valence-corrected chi connectivity index (χ1v) is 27.5. The summed E-state index contributed by atoms with van der Waals surface area (Å²) in [6, 6.07) is 7.84. The second-order valence-electron chi connectivity index (χ2n) is 20.2. The highest BCUT2D eigenvalue weighted by Crippen LogP contribution is 2.20. The molecule has 0 bridgehead atoms. The van der Waals surface area contributed by atoms with Gasteiger partial charge in [0.1, 0.15) is 36.3 Å². The Kier molecular flexibility index (Phi) is 24.1. The van der Waals surface area contributed by atoms with Gasteiger partial charge in [-0.2, -0.15) is 11.8 Å². The highest BCUT2D eigenvalue weighted by atomic mass is 32.2. The van der Waals surface area contributed by atoms with Crippen molar-refractivity contribution in [1.82, 2.24) is 67.0 Å². The number of H-pyrrole nitrogens is 3. The molecular formula is C54H75N15O9S. The number of aromatic amines is 3. The van der Waals surface area contributed by atoms with Crippen LogP contribution in [0, 0.1) is 11.8 Å². The predicted molar refractivity (Wildman–Crippen MR) is 298 cm³/mol. The van der Waals surface area contributed by atoms with Crippen LogP contribution in [0.1, 0.15) is 70.0 Å². The number of nitrogens with one attached hydrogen (secondary N) is 10. The average molecular weight is 1110 g/mol. The molecule has 5 rings (SSSR count). The van der Waals surface area contributed by atoms with Crippen LogP contribution >= 0.6 is 11.8 Å². The number of primary amides is 1. The maximum absolute atomic E-state index is 14.3. The molecule has 14 N–H and O–H groups in total. The molecule has 25 heteroatoms. The quantitative estimate of drug-likeness (QED) is 0.0247. The Morgan fingerprint density at radius 3 is 1.87 bits per heavy atom. The third-order valence-electron chi connectivity index (χ3n) is 13.0. The molecule has 5 aromatic rings. The first kappa shape index (κ1) is 61.8. The van der Waals surface area contributed by atoms with E-state index in [0.717, 1.165) is 16.5 Å². The van der Waals surface area contributed by atoms with Gasteiger partial charge in [-0.25, -0.2) is 9.97 Å². The van der Waals surface area contributed by atoms with Crippen molar-refractivity contribution in [2.45, 2.75) is 121 Å². The van der Waals surface area contributed by atoms with Crippen LogP contribution in [-0.2, 0) is 68.8 Å². The number of carbonyl (C=O) groups excluding carboxylic acids is 9. The number of rotatable bonds is 33. The van der Waals surface area contributed by atoms with E-state index in [9.17, 15) is 43.2 Å². The zero-order chi connectivity index (χ0) is 57.6. The van der Waals surface area contributed by atoms with Gasteiger partial charge in [0.2, 0.25) is 53.7 Å². The molecule has 24 nitrogen and oxygen atoms in total. The lowest BCUT2D eigenvalue weighted by atomic mass is 10.0. The second kappa shape index (κ2) is 30.8. The van der Waals surface area contributed by atoms with Gasteiger partial charge in [0.15, 0.2) is 0 Å². The number of aromatic nitrogens is 5. The minimum Gasteiger partial charge on any atom is -0.368 e. The summed E-state index contributed by atoms with van der Waals surface area (Å²) in [5.41, 5.74) is 15.3. The van der Waals surface area contributed by atoms with E-state index in [1.54, 1.807) is 20.0 Å². The van der Waals surface area contributed by atoms with Gasteiger partial charge in [0.25, 0.3) is 0 Å². The summed E-state index contributed by atoms with van der Waals surface area (Å²) >= 11 is 1.49. The Balaban J connectivity index is 1.25. The van der Waals surface area contributed by atoms with Gasteiger partial charge in [0.05, 0.1) is 25.2 Å². The molecule has 2 unspecified atom stereocenters. The van der Waals surface area contributed by atoms with E-state index in [4.69, 9.17) is 11.5 Å². The molecule has 2 aromatic carbocycles. The second-order valence-corrected chi connectivity index (χ2v) is 21.2. The van der Waals surface area contributed by atoms with Crippen molar-refractivity contribution in [3.8, 4) is 0 Å². The minimum absolute atomic E-state index is 0.0241. The smallest absolute Gasteiger partial charge is 0.243 e. The third kappa shape index (κ3) is 19.4. The number of thioether (sulfide) groups is 1. The fourth-order valence-electron chi connectivity index (χ4n) is 8.86. The summed E-state index contributed by atoms with van der Waals surface area (Å²) in [4.78, 5) is 140. The molecule has 8 atom stereocenters. The first-order chi connectivity index (χ1) is 37.8. The van der Waals surface area contributed by atoms with Crippen LogP contribution in [0.25, 0.3) is 10.9 Å². The Morgan fingerprint density at radius 1 is 0.684 bits per heavy atom. The minimum atomic E-state index is -1.29. The summed E-state index contributed by atoms with van der Waals surface area (Å²) in [7, 11) is 0. The Hall–Kier alpha value is -8.06. The summed E-state index contributed by atoms with van der Waals surface area (Å²) in [5.74, 6) is -5.47. The van der Waals surface area contributed by atoms with E-state index in [1.165, 1.54) is 48.6 Å². The van der Waals surface area contributed by atoms with Crippen molar-refractivity contribution < 1.29 is 43.2 Å². The molecule has 0 aliphatic heterocycles. The van der Waals surface area contributed by atoms with Gasteiger partial charge in [-0.1, -0.05) is 76.2 Å². The normalized spacial score (nSPS) is 14.3. The number of hydrogen-bond donors (Lipinski definition) is 12. The van der Waals surface area contributed by atoms with E-state index >= 15 is 0 Å². The number of hydrogen-bond acceptors (Lipinski definition) is 13. The lowest BCUT2D eigenvalue weighted by Crippen LogP contribution is -2.60. The molecule has 3 heterocycles. The fourth-order valence-corrected chi connectivity index (χ4v) is 9.32. The van der Waals surface area contributed by atoms with E-state index in [2.05, 4.69) is 62.1 Å². The number of carbonyl (C=O) groups is 9. The topological polar surface area (TPSA) is 366 Å². The lowest BCUT2D eigenvalue weighted by Gasteiger charge is -2.32. The van der Waals surface area contributed by atoms with Crippen molar-refractivity contribution in [3.05, 3.63) is 108 Å². The van der Waals surface area contributed by atoms with Crippen molar-refractivity contribution in [2.75, 3.05) is 25.1 Å². The molecule has 0 fully saturated rings. The van der Waals surface area contributed by atoms with E-state index in [-0.39, 0.29) is 38.1 Å². The van der Waals surface area contributed by atoms with E-state index in [0.29, 0.717) is 42.0 Å². The van der Waals surface area contributed by atoms with Crippen LogP contribution in [0.4, 0.5) is 0 Å². The van der Waals surface area contributed by atoms with Crippen molar-refractivity contribution >= 4 is 76.3 Å². The number of fused-ring (bicyclic) bond motifs is 1. The van der Waals surface area contributed by atoms with Crippen molar-refractivity contribution in [1.29, 1.82) is 0 Å². The van der Waals surface area contributed by atoms with E-state index in [1.807, 2.05) is 74.7 Å². The molecule has 3 aromatic heterocycles. The summed E-state index contributed by atoms with van der Waals surface area (Å²) < 4.78 is 0. The number of imidazole rings is 2. The molecule has 0 spiro atoms. The van der Waals surface area contributed by atoms with Crippen molar-refractivity contribution in [2.24, 2.45) is 23.3 Å². The van der Waals surface area contributed by atoms with Gasteiger partial charge in [-0.05, 0) is 67.2 Å². The molecule has 9 amide bonds. The number of nitrogens with two attached hydrogens (primary N) is 2. The molecule has 0 radical (unpaired) electrons. The summed E-state index contributed by atoms with van der Waals surface area (Å²) in [5, 5.41) is 19.8. The molecule has 426 valence electrons. The monoisotopic (exact) mass is 1110 g/mol. The number of para-hydroxylation sites is 1. The predicted octanol–water partition coefficient (Wildman–Crippen LogP) is 0.0244. The average Bonchev–Trinajstić information content (AvgIpc) is 4.28. The molecule has 0 aliphatic carbocycles. The van der Waals surface area contributed by atoms with Gasteiger partial charge in [-0.15, -0.1) is 0 Å². The zero-order valence-electron chi connectivity index (χ0n) is 45.4. The zero-order valence-corrected chi connectivity index (χ0v) is 46.2. The van der Waals surface area contributed by atoms with E-state index < -0.39 is 108 Å². The lowest BCUT2D eigenvalue weighted by molar-refractivity contribution is -0.135. The molecule has 0 aliphatic rings. The highest BCUT2D eigenvalue weighted by Gasteiger charge is 2.34. The standard InChI is InChI=1S/C54H75N15O9S/c1-31(2)18-38(27-69(30-70)45(48(56)72)16-17-79-6)64-52(76)43(21-36-24-57-28-61-36)65-46(71)26-60-54(78)47(32(3)4)68-49(73)33(5)63-51(75)42(20-35-23-59-41-15-11-10-14-39(35)41)67-53(77)44(22-37-25-58-29-62-37)66-50(74)40(55)19-34-12-8-7-9-13-34/h7-15,23-25,28-33,38,40,42-45,47,59H,16-22,26-27,55H2,1-6H3,(H2,56,72)(H,57,61)(H,58,62)(H,60,78)(H,63,75)(H,64,76)(H,65,71)(H,66,74)(H,67,77)(H,68,73)/t33-,38?,40+,42-,43-,44-,45?,47-/m0/s1.